The first-order valence-electron chi connectivity index (χ1n) is 8.41. The van der Waals surface area contributed by atoms with E-state index in [0.29, 0.717) is 18.0 Å². The van der Waals surface area contributed by atoms with E-state index >= 15 is 0 Å². The van der Waals surface area contributed by atoms with Gasteiger partial charge < -0.3 is 15.2 Å². The largest absolute Gasteiger partial charge is 0.493 e. The molecule has 0 aliphatic heterocycles. The molecule has 22 heavy (non-hydrogen) atoms. The van der Waals surface area contributed by atoms with E-state index in [4.69, 9.17) is 4.74 Å². The van der Waals surface area contributed by atoms with Gasteiger partial charge in [0.1, 0.15) is 5.75 Å². The lowest BCUT2D eigenvalue weighted by atomic mass is 10.0. The van der Waals surface area contributed by atoms with Crippen molar-refractivity contribution in [1.82, 2.24) is 5.32 Å². The molecular formula is C18H25NO3. The third-order valence-corrected chi connectivity index (χ3v) is 4.71. The van der Waals surface area contributed by atoms with Crippen molar-refractivity contribution in [2.75, 3.05) is 13.2 Å². The number of carbonyl (C=O) groups is 1. The highest BCUT2D eigenvalue weighted by atomic mass is 16.5. The maximum absolute atomic E-state index is 12.1. The Kier molecular flexibility index (Phi) is 4.98. The van der Waals surface area contributed by atoms with E-state index in [1.54, 1.807) is 12.1 Å². The number of amides is 1. The number of aliphatic hydroxyl groups is 1. The van der Waals surface area contributed by atoms with Crippen LogP contribution in [0.2, 0.25) is 0 Å². The number of carbonyl (C=O) groups excluding carboxylic acids is 1. The Balaban J connectivity index is 1.44. The van der Waals surface area contributed by atoms with Gasteiger partial charge in [-0.1, -0.05) is 12.8 Å². The maximum Gasteiger partial charge on any atom is 0.251 e. The van der Waals surface area contributed by atoms with Crippen molar-refractivity contribution in [3.63, 3.8) is 0 Å². The van der Waals surface area contributed by atoms with Crippen molar-refractivity contribution in [3.8, 4) is 5.75 Å². The van der Waals surface area contributed by atoms with Gasteiger partial charge in [-0.25, -0.2) is 0 Å². The molecular weight excluding hydrogens is 278 g/mol. The zero-order chi connectivity index (χ0) is 15.4. The number of nitrogens with one attached hydrogen (secondary N) is 1. The first-order chi connectivity index (χ1) is 10.7. The Morgan fingerprint density at radius 1 is 1.18 bits per heavy atom. The average Bonchev–Trinajstić information content (AvgIpc) is 3.22. The van der Waals surface area contributed by atoms with Gasteiger partial charge >= 0.3 is 0 Å². The minimum atomic E-state index is -0.424. The summed E-state index contributed by atoms with van der Waals surface area (Å²) in [6.07, 6.45) is 6.64. The molecule has 4 nitrogen and oxygen atoms in total. The van der Waals surface area contributed by atoms with E-state index in [-0.39, 0.29) is 5.91 Å². The van der Waals surface area contributed by atoms with Gasteiger partial charge in [-0.3, -0.25) is 4.79 Å². The van der Waals surface area contributed by atoms with Gasteiger partial charge in [-0.05, 0) is 61.8 Å². The Morgan fingerprint density at radius 3 is 2.50 bits per heavy atom. The van der Waals surface area contributed by atoms with Crippen LogP contribution < -0.4 is 10.1 Å². The maximum atomic E-state index is 12.1. The fraction of sp³-hybridized carbons (Fsp3) is 0.611. The number of benzene rings is 1. The van der Waals surface area contributed by atoms with Crippen LogP contribution in [0.3, 0.4) is 0 Å². The van der Waals surface area contributed by atoms with Gasteiger partial charge in [0.15, 0.2) is 0 Å². The molecule has 3 rings (SSSR count). The van der Waals surface area contributed by atoms with Gasteiger partial charge in [0.25, 0.3) is 5.91 Å². The van der Waals surface area contributed by atoms with Gasteiger partial charge in [0.2, 0.25) is 0 Å². The van der Waals surface area contributed by atoms with Crippen LogP contribution in [0, 0.1) is 11.8 Å². The molecule has 1 unspecified atom stereocenters. The van der Waals surface area contributed by atoms with Gasteiger partial charge in [0.05, 0.1) is 12.7 Å². The summed E-state index contributed by atoms with van der Waals surface area (Å²) in [5, 5.41) is 12.9. The molecule has 0 heterocycles. The molecule has 0 spiro atoms. The van der Waals surface area contributed by atoms with E-state index < -0.39 is 6.10 Å². The summed E-state index contributed by atoms with van der Waals surface area (Å²) >= 11 is 0. The molecule has 2 N–H and O–H groups in total. The van der Waals surface area contributed by atoms with Crippen LogP contribution >= 0.6 is 0 Å². The molecule has 2 fully saturated rings. The highest BCUT2D eigenvalue weighted by Crippen LogP contribution is 2.29. The first kappa shape index (κ1) is 15.3. The molecule has 1 amide bonds. The topological polar surface area (TPSA) is 58.6 Å². The van der Waals surface area contributed by atoms with Crippen LogP contribution in [-0.4, -0.2) is 30.3 Å². The van der Waals surface area contributed by atoms with Gasteiger partial charge in [0, 0.05) is 12.1 Å². The molecule has 2 aliphatic rings. The molecule has 1 aromatic carbocycles. The van der Waals surface area contributed by atoms with Crippen LogP contribution in [-0.2, 0) is 0 Å². The Labute approximate surface area is 131 Å². The second kappa shape index (κ2) is 7.14. The predicted octanol–water partition coefficient (Wildman–Crippen LogP) is 2.76. The first-order valence-corrected chi connectivity index (χ1v) is 8.41. The second-order valence-corrected chi connectivity index (χ2v) is 6.60. The molecule has 0 bridgehead atoms. The van der Waals surface area contributed by atoms with Crippen molar-refractivity contribution < 1.29 is 14.6 Å². The van der Waals surface area contributed by atoms with E-state index in [0.717, 1.165) is 31.1 Å². The number of hydrogen-bond donors (Lipinski definition) is 2. The van der Waals surface area contributed by atoms with Crippen LogP contribution in [0.25, 0.3) is 0 Å². The molecule has 2 saturated carbocycles. The van der Waals surface area contributed by atoms with E-state index in [2.05, 4.69) is 5.32 Å². The van der Waals surface area contributed by atoms with Crippen LogP contribution in [0.1, 0.15) is 48.9 Å². The highest BCUT2D eigenvalue weighted by Gasteiger charge is 2.23. The molecule has 0 radical (unpaired) electrons. The summed E-state index contributed by atoms with van der Waals surface area (Å²) in [7, 11) is 0. The zero-order valence-electron chi connectivity index (χ0n) is 13.0. The molecule has 0 aromatic heterocycles. The SMILES string of the molecule is O=C(NCC(O)C1CCCC1)c1ccc(OCC2CC2)cc1. The minimum absolute atomic E-state index is 0.134. The Bertz CT molecular complexity index is 490. The number of aliphatic hydroxyl groups excluding tert-OH is 1. The zero-order valence-corrected chi connectivity index (χ0v) is 13.0. The number of ether oxygens (including phenoxy) is 1. The summed E-state index contributed by atoms with van der Waals surface area (Å²) in [6.45, 7) is 1.11. The van der Waals surface area contributed by atoms with Crippen molar-refractivity contribution in [3.05, 3.63) is 29.8 Å². The second-order valence-electron chi connectivity index (χ2n) is 6.60. The summed E-state index contributed by atoms with van der Waals surface area (Å²) in [4.78, 5) is 12.1. The van der Waals surface area contributed by atoms with Gasteiger partial charge in [-0.15, -0.1) is 0 Å². The number of rotatable bonds is 7. The third-order valence-electron chi connectivity index (χ3n) is 4.71. The monoisotopic (exact) mass is 303 g/mol. The molecule has 2 aliphatic carbocycles. The average molecular weight is 303 g/mol. The summed E-state index contributed by atoms with van der Waals surface area (Å²) in [5.41, 5.74) is 0.609. The summed E-state index contributed by atoms with van der Waals surface area (Å²) in [6, 6.07) is 7.23. The normalized spacial score (nSPS) is 19.9. The van der Waals surface area contributed by atoms with Crippen molar-refractivity contribution in [2.24, 2.45) is 11.8 Å². The molecule has 1 atom stereocenters. The molecule has 0 saturated heterocycles. The molecule has 120 valence electrons. The molecule has 1 aromatic rings. The fourth-order valence-electron chi connectivity index (χ4n) is 3.01. The lowest BCUT2D eigenvalue weighted by Crippen LogP contribution is -2.35. The Morgan fingerprint density at radius 2 is 1.86 bits per heavy atom. The standard InChI is InChI=1S/C18H25NO3/c20-17(14-3-1-2-4-14)11-19-18(21)15-7-9-16(10-8-15)22-12-13-5-6-13/h7-10,13-14,17,20H,1-6,11-12H2,(H,19,21). The smallest absolute Gasteiger partial charge is 0.251 e. The predicted molar refractivity (Wildman–Crippen MR) is 85.0 cm³/mol. The quantitative estimate of drug-likeness (QED) is 0.814. The molecule has 4 heteroatoms. The van der Waals surface area contributed by atoms with Gasteiger partial charge in [-0.2, -0.15) is 0 Å². The summed E-state index contributed by atoms with van der Waals surface area (Å²) < 4.78 is 5.66. The van der Waals surface area contributed by atoms with E-state index in [9.17, 15) is 9.90 Å². The Hall–Kier alpha value is -1.55. The lowest BCUT2D eigenvalue weighted by molar-refractivity contribution is 0.0840. The third kappa shape index (κ3) is 4.23. The van der Waals surface area contributed by atoms with E-state index in [1.807, 2.05) is 12.1 Å². The lowest BCUT2D eigenvalue weighted by Gasteiger charge is -2.18. The van der Waals surface area contributed by atoms with E-state index in [1.165, 1.54) is 25.7 Å². The van der Waals surface area contributed by atoms with Crippen molar-refractivity contribution in [2.45, 2.75) is 44.6 Å². The highest BCUT2D eigenvalue weighted by molar-refractivity contribution is 5.94. The summed E-state index contributed by atoms with van der Waals surface area (Å²) in [5.74, 6) is 1.75. The van der Waals surface area contributed by atoms with Crippen molar-refractivity contribution in [1.29, 1.82) is 0 Å². The fourth-order valence-corrected chi connectivity index (χ4v) is 3.01. The van der Waals surface area contributed by atoms with Crippen LogP contribution in [0.5, 0.6) is 5.75 Å². The number of hydrogen-bond acceptors (Lipinski definition) is 3. The van der Waals surface area contributed by atoms with Crippen molar-refractivity contribution >= 4 is 5.91 Å². The van der Waals surface area contributed by atoms with Crippen LogP contribution in [0.4, 0.5) is 0 Å². The van der Waals surface area contributed by atoms with Crippen LogP contribution in [0.15, 0.2) is 24.3 Å². The minimum Gasteiger partial charge on any atom is -0.493 e.